The van der Waals surface area contributed by atoms with Crippen molar-refractivity contribution >= 4 is 28.3 Å². The highest BCUT2D eigenvalue weighted by atomic mass is 16.2. The molecule has 0 fully saturated rings. The zero-order chi connectivity index (χ0) is 19.6. The monoisotopic (exact) mass is 380 g/mol. The zero-order valence-electron chi connectivity index (χ0n) is 16.1. The molecule has 1 aromatic heterocycles. The highest BCUT2D eigenvalue weighted by Crippen LogP contribution is 2.50. The molecule has 1 amide bonds. The number of carbonyl (C=O) groups is 1. The quantitative estimate of drug-likeness (QED) is 0.553. The van der Waals surface area contributed by atoms with Crippen LogP contribution in [0.2, 0.25) is 0 Å². The summed E-state index contributed by atoms with van der Waals surface area (Å²) in [5.41, 5.74) is 4.68. The summed E-state index contributed by atoms with van der Waals surface area (Å²) in [6, 6.07) is 24.2. The fourth-order valence-corrected chi connectivity index (χ4v) is 4.80. The van der Waals surface area contributed by atoms with Gasteiger partial charge in [0.25, 0.3) is 5.91 Å². The number of para-hydroxylation sites is 4. The van der Waals surface area contributed by atoms with E-state index < -0.39 is 5.66 Å². The summed E-state index contributed by atoms with van der Waals surface area (Å²) >= 11 is 0. The molecular formula is C24H20N4O. The maximum Gasteiger partial charge on any atom is 0.279 e. The van der Waals surface area contributed by atoms with Gasteiger partial charge < -0.3 is 10.2 Å². The lowest BCUT2D eigenvalue weighted by Gasteiger charge is -2.38. The molecule has 3 aromatic carbocycles. The minimum atomic E-state index is -1.04. The number of nitrogens with one attached hydrogen (secondary N) is 1. The molecule has 0 saturated heterocycles. The van der Waals surface area contributed by atoms with Gasteiger partial charge in [-0.3, -0.25) is 9.36 Å². The first-order valence-electron chi connectivity index (χ1n) is 10.0. The molecule has 1 N–H and O–H groups in total. The van der Waals surface area contributed by atoms with Crippen molar-refractivity contribution in [2.75, 3.05) is 16.8 Å². The van der Waals surface area contributed by atoms with Crippen molar-refractivity contribution < 1.29 is 4.79 Å². The van der Waals surface area contributed by atoms with E-state index in [1.807, 2.05) is 65.6 Å². The van der Waals surface area contributed by atoms with Crippen molar-refractivity contribution in [3.05, 3.63) is 78.4 Å². The van der Waals surface area contributed by atoms with Crippen LogP contribution >= 0.6 is 0 Å². The van der Waals surface area contributed by atoms with Gasteiger partial charge in [-0.15, -0.1) is 0 Å². The number of fused-ring (bicyclic) bond motifs is 8. The van der Waals surface area contributed by atoms with Crippen LogP contribution in [0.25, 0.3) is 22.4 Å². The van der Waals surface area contributed by atoms with Gasteiger partial charge in [-0.25, -0.2) is 4.98 Å². The maximum atomic E-state index is 14.1. The Kier molecular flexibility index (Phi) is 3.22. The summed E-state index contributed by atoms with van der Waals surface area (Å²) < 4.78 is 2.10. The fraction of sp³-hybridized carbons (Fsp3) is 0.167. The molecule has 0 unspecified atom stereocenters. The first-order chi connectivity index (χ1) is 14.3. The largest absolute Gasteiger partial charge is 0.350 e. The van der Waals surface area contributed by atoms with Crippen LogP contribution in [0, 0.1) is 0 Å². The number of hydrogen-bond acceptors (Lipinski definition) is 3. The fourth-order valence-electron chi connectivity index (χ4n) is 4.80. The Hall–Kier alpha value is -3.60. The van der Waals surface area contributed by atoms with Crippen LogP contribution < -0.4 is 10.2 Å². The molecule has 6 rings (SSSR count). The Morgan fingerprint density at radius 3 is 2.62 bits per heavy atom. The van der Waals surface area contributed by atoms with E-state index in [-0.39, 0.29) is 5.91 Å². The maximum absolute atomic E-state index is 14.1. The average Bonchev–Trinajstić information content (AvgIpc) is 3.26. The molecule has 29 heavy (non-hydrogen) atoms. The molecule has 0 radical (unpaired) electrons. The van der Waals surface area contributed by atoms with Crippen LogP contribution in [0.15, 0.2) is 72.8 Å². The van der Waals surface area contributed by atoms with E-state index in [1.165, 1.54) is 0 Å². The molecule has 1 spiro atoms. The van der Waals surface area contributed by atoms with E-state index in [0.29, 0.717) is 6.54 Å². The number of anilines is 2. The summed E-state index contributed by atoms with van der Waals surface area (Å²) in [6.45, 7) is 2.78. The summed E-state index contributed by atoms with van der Waals surface area (Å²) in [6.07, 6.45) is 0.893. The lowest BCUT2D eigenvalue weighted by atomic mass is 9.95. The number of amides is 1. The minimum Gasteiger partial charge on any atom is -0.350 e. The predicted octanol–water partition coefficient (Wildman–Crippen LogP) is 4.59. The predicted molar refractivity (Wildman–Crippen MR) is 115 cm³/mol. The van der Waals surface area contributed by atoms with Gasteiger partial charge in [-0.2, -0.15) is 0 Å². The zero-order valence-corrected chi connectivity index (χ0v) is 16.1. The van der Waals surface area contributed by atoms with Crippen LogP contribution in [-0.4, -0.2) is 22.0 Å². The summed E-state index contributed by atoms with van der Waals surface area (Å²) in [5, 5.41) is 3.63. The van der Waals surface area contributed by atoms with Crippen LogP contribution in [0.1, 0.15) is 18.9 Å². The van der Waals surface area contributed by atoms with E-state index in [0.717, 1.165) is 45.8 Å². The van der Waals surface area contributed by atoms with Gasteiger partial charge in [-0.05, 0) is 36.8 Å². The second-order valence-electron chi connectivity index (χ2n) is 7.61. The summed E-state index contributed by atoms with van der Waals surface area (Å²) in [4.78, 5) is 20.9. The molecular weight excluding hydrogens is 360 g/mol. The average molecular weight is 380 g/mol. The lowest BCUT2D eigenvalue weighted by molar-refractivity contribution is -0.123. The topological polar surface area (TPSA) is 50.2 Å². The Bertz CT molecular complexity index is 1290. The third-order valence-corrected chi connectivity index (χ3v) is 5.97. The van der Waals surface area contributed by atoms with Gasteiger partial charge in [0.1, 0.15) is 5.82 Å². The molecule has 5 nitrogen and oxygen atoms in total. The Labute approximate surface area is 168 Å². The van der Waals surface area contributed by atoms with Crippen molar-refractivity contribution in [2.24, 2.45) is 0 Å². The second kappa shape index (κ2) is 5.70. The molecule has 4 aromatic rings. The number of nitrogens with zero attached hydrogens (tertiary/aromatic N) is 3. The van der Waals surface area contributed by atoms with Gasteiger partial charge in [-0.1, -0.05) is 49.4 Å². The standard InChI is InChI=1S/C24H20N4O/c1-2-15-27-20-13-7-4-10-17(20)24(23(27)29)26-18-11-5-3-9-16(18)22-25-19-12-6-8-14-21(19)28(22)24/h3-14,26H,2,15H2,1H3/t24-/m1/s1. The van der Waals surface area contributed by atoms with E-state index in [9.17, 15) is 4.79 Å². The van der Waals surface area contributed by atoms with E-state index in [2.05, 4.69) is 28.9 Å². The number of hydrogen-bond donors (Lipinski definition) is 1. The third kappa shape index (κ3) is 1.94. The Morgan fingerprint density at radius 2 is 1.72 bits per heavy atom. The second-order valence-corrected chi connectivity index (χ2v) is 7.61. The van der Waals surface area contributed by atoms with Gasteiger partial charge in [0.2, 0.25) is 5.66 Å². The molecule has 2 aliphatic rings. The Balaban J connectivity index is 1.75. The molecule has 0 bridgehead atoms. The number of aromatic nitrogens is 2. The number of rotatable bonds is 2. The SMILES string of the molecule is CCCN1C(=O)[C@@]2(Nc3ccccc3-c3nc4ccccc4n32)c2ccccc21. The number of benzene rings is 3. The van der Waals surface area contributed by atoms with Gasteiger partial charge in [0, 0.05) is 23.4 Å². The number of imidazole rings is 1. The van der Waals surface area contributed by atoms with Crippen molar-refractivity contribution in [1.82, 2.24) is 9.55 Å². The lowest BCUT2D eigenvalue weighted by Crippen LogP contribution is -2.53. The van der Waals surface area contributed by atoms with Crippen molar-refractivity contribution in [1.29, 1.82) is 0 Å². The van der Waals surface area contributed by atoms with Crippen LogP contribution in [-0.2, 0) is 10.5 Å². The minimum absolute atomic E-state index is 0.0412. The van der Waals surface area contributed by atoms with Crippen molar-refractivity contribution in [2.45, 2.75) is 19.0 Å². The molecule has 5 heteroatoms. The first kappa shape index (κ1) is 16.4. The van der Waals surface area contributed by atoms with E-state index in [1.54, 1.807) is 0 Å². The van der Waals surface area contributed by atoms with Gasteiger partial charge >= 0.3 is 0 Å². The Morgan fingerprint density at radius 1 is 0.966 bits per heavy atom. The molecule has 0 saturated carbocycles. The molecule has 2 aliphatic heterocycles. The number of carbonyl (C=O) groups excluding carboxylic acids is 1. The van der Waals surface area contributed by atoms with E-state index >= 15 is 0 Å². The molecule has 1 atom stereocenters. The van der Waals surface area contributed by atoms with Crippen LogP contribution in [0.3, 0.4) is 0 Å². The highest BCUT2D eigenvalue weighted by Gasteiger charge is 2.55. The van der Waals surface area contributed by atoms with Gasteiger partial charge in [0.05, 0.1) is 16.7 Å². The third-order valence-electron chi connectivity index (χ3n) is 5.97. The van der Waals surface area contributed by atoms with Gasteiger partial charge in [0.15, 0.2) is 0 Å². The molecule has 3 heterocycles. The summed E-state index contributed by atoms with van der Waals surface area (Å²) in [5.74, 6) is 0.863. The van der Waals surface area contributed by atoms with Crippen molar-refractivity contribution in [3.63, 3.8) is 0 Å². The normalized spacial score (nSPS) is 19.2. The first-order valence-corrected chi connectivity index (χ1v) is 10.0. The summed E-state index contributed by atoms with van der Waals surface area (Å²) in [7, 11) is 0. The van der Waals surface area contributed by atoms with E-state index in [4.69, 9.17) is 4.98 Å². The molecule has 142 valence electrons. The van der Waals surface area contributed by atoms with Crippen LogP contribution in [0.4, 0.5) is 11.4 Å². The molecule has 0 aliphatic carbocycles. The smallest absolute Gasteiger partial charge is 0.279 e. The van der Waals surface area contributed by atoms with Crippen LogP contribution in [0.5, 0.6) is 0 Å². The highest BCUT2D eigenvalue weighted by molar-refractivity contribution is 6.12. The van der Waals surface area contributed by atoms with Crippen molar-refractivity contribution in [3.8, 4) is 11.4 Å².